The van der Waals surface area contributed by atoms with Crippen molar-refractivity contribution in [2.75, 3.05) is 34.5 Å². The number of hydrogen-bond acceptors (Lipinski definition) is 8. The Morgan fingerprint density at radius 2 is 1.89 bits per heavy atom. The van der Waals surface area contributed by atoms with E-state index in [0.29, 0.717) is 30.3 Å². The Balaban J connectivity index is 1.62. The van der Waals surface area contributed by atoms with E-state index in [1.807, 2.05) is 53.6 Å². The van der Waals surface area contributed by atoms with Crippen LogP contribution in [0.2, 0.25) is 0 Å². The molecular formula is C29H31N3O5S. The molecule has 1 aliphatic rings. The zero-order chi connectivity index (χ0) is 26.6. The van der Waals surface area contributed by atoms with Crippen LogP contribution in [0.25, 0.3) is 22.2 Å². The summed E-state index contributed by atoms with van der Waals surface area (Å²) in [7, 11) is 4.86. The molecule has 0 radical (unpaired) electrons. The topological polar surface area (TPSA) is 83.0 Å². The summed E-state index contributed by atoms with van der Waals surface area (Å²) in [5, 5.41) is 3.56. The molecule has 1 fully saturated rings. The van der Waals surface area contributed by atoms with Crippen LogP contribution in [0.1, 0.15) is 33.9 Å². The van der Waals surface area contributed by atoms with Gasteiger partial charge < -0.3 is 23.8 Å². The molecule has 1 aliphatic heterocycles. The highest BCUT2D eigenvalue weighted by Gasteiger charge is 2.26. The Labute approximate surface area is 226 Å². The quantitative estimate of drug-likeness (QED) is 0.280. The number of carbonyl (C=O) groups excluding carboxylic acids is 1. The molecule has 2 aromatic heterocycles. The van der Waals surface area contributed by atoms with E-state index in [2.05, 4.69) is 11.1 Å². The molecule has 5 rings (SSSR count). The first-order chi connectivity index (χ1) is 18.5. The molecular weight excluding hydrogens is 502 g/mol. The summed E-state index contributed by atoms with van der Waals surface area (Å²) >= 11 is 1.47. The fourth-order valence-corrected chi connectivity index (χ4v) is 5.36. The second-order valence-electron chi connectivity index (χ2n) is 9.20. The van der Waals surface area contributed by atoms with Gasteiger partial charge >= 0.3 is 0 Å². The minimum Gasteiger partial charge on any atom is -0.497 e. The van der Waals surface area contributed by atoms with Gasteiger partial charge in [0.15, 0.2) is 11.5 Å². The highest BCUT2D eigenvalue weighted by Crippen LogP contribution is 2.35. The smallest absolute Gasteiger partial charge is 0.273 e. The van der Waals surface area contributed by atoms with Crippen molar-refractivity contribution >= 4 is 28.1 Å². The van der Waals surface area contributed by atoms with Crippen molar-refractivity contribution in [2.24, 2.45) is 0 Å². The maximum absolute atomic E-state index is 13.7. The van der Waals surface area contributed by atoms with Crippen LogP contribution in [0.15, 0.2) is 47.8 Å². The van der Waals surface area contributed by atoms with Crippen LogP contribution < -0.4 is 14.2 Å². The fourth-order valence-electron chi connectivity index (χ4n) is 4.77. The molecule has 0 spiro atoms. The maximum Gasteiger partial charge on any atom is 0.273 e. The highest BCUT2D eigenvalue weighted by molar-refractivity contribution is 7.09. The molecule has 3 heterocycles. The molecule has 1 unspecified atom stereocenters. The zero-order valence-corrected chi connectivity index (χ0v) is 22.8. The summed E-state index contributed by atoms with van der Waals surface area (Å²) in [5.74, 6) is 1.83. The van der Waals surface area contributed by atoms with E-state index in [1.54, 1.807) is 21.3 Å². The second-order valence-corrected chi connectivity index (χ2v) is 10.3. The van der Waals surface area contributed by atoms with Crippen molar-refractivity contribution in [3.8, 4) is 28.5 Å². The molecule has 9 heteroatoms. The average Bonchev–Trinajstić information content (AvgIpc) is 3.63. The summed E-state index contributed by atoms with van der Waals surface area (Å²) in [4.78, 5) is 25.0. The number of thiazole rings is 1. The molecule has 1 saturated heterocycles. The van der Waals surface area contributed by atoms with Crippen molar-refractivity contribution in [2.45, 2.75) is 32.4 Å². The van der Waals surface area contributed by atoms with E-state index in [-0.39, 0.29) is 12.0 Å². The Hall–Kier alpha value is -3.69. The van der Waals surface area contributed by atoms with E-state index in [1.165, 1.54) is 11.3 Å². The number of rotatable bonds is 9. The first kappa shape index (κ1) is 25.9. The molecule has 4 aromatic rings. The molecule has 198 valence electrons. The lowest BCUT2D eigenvalue weighted by Crippen LogP contribution is -2.37. The lowest BCUT2D eigenvalue weighted by Gasteiger charge is -2.26. The van der Waals surface area contributed by atoms with Gasteiger partial charge in [0.25, 0.3) is 5.91 Å². The normalized spacial score (nSPS) is 15.0. The average molecular weight is 534 g/mol. The summed E-state index contributed by atoms with van der Waals surface area (Å²) in [6.07, 6.45) is 1.92. The van der Waals surface area contributed by atoms with Crippen LogP contribution in [-0.2, 0) is 11.3 Å². The van der Waals surface area contributed by atoms with Gasteiger partial charge in [0, 0.05) is 42.1 Å². The number of methoxy groups -OCH3 is 3. The van der Waals surface area contributed by atoms with Crippen LogP contribution in [0.5, 0.6) is 17.2 Å². The van der Waals surface area contributed by atoms with Gasteiger partial charge in [-0.05, 0) is 49.6 Å². The highest BCUT2D eigenvalue weighted by atomic mass is 32.1. The third-order valence-electron chi connectivity index (χ3n) is 6.68. The summed E-state index contributed by atoms with van der Waals surface area (Å²) < 4.78 is 22.5. The van der Waals surface area contributed by atoms with Crippen molar-refractivity contribution in [1.29, 1.82) is 0 Å². The van der Waals surface area contributed by atoms with E-state index in [4.69, 9.17) is 23.9 Å². The van der Waals surface area contributed by atoms with Gasteiger partial charge in [0.2, 0.25) is 0 Å². The van der Waals surface area contributed by atoms with Crippen LogP contribution in [0, 0.1) is 6.92 Å². The van der Waals surface area contributed by atoms with Gasteiger partial charge in [-0.3, -0.25) is 4.79 Å². The number of hydrogen-bond donors (Lipinski definition) is 0. The number of benzene rings is 2. The number of pyridine rings is 1. The third-order valence-corrected chi connectivity index (χ3v) is 7.45. The standard InChI is InChI=1S/C29H31N3O5S/c1-18-30-25(17-38-18)29(33)32(16-23-9-6-10-37-23)15-21-11-20-13-26(35-3)27(36-4)14-24(20)31-28(21)19-7-5-8-22(12-19)34-2/h5,7-8,11-14,17,23H,6,9-10,15-16H2,1-4H3. The number of fused-ring (bicyclic) bond motifs is 1. The van der Waals surface area contributed by atoms with Gasteiger partial charge in [-0.1, -0.05) is 12.1 Å². The molecule has 38 heavy (non-hydrogen) atoms. The second kappa shape index (κ2) is 11.4. The maximum atomic E-state index is 13.7. The van der Waals surface area contributed by atoms with Crippen molar-refractivity contribution in [1.82, 2.24) is 14.9 Å². The van der Waals surface area contributed by atoms with E-state index in [9.17, 15) is 4.79 Å². The third kappa shape index (κ3) is 5.44. The lowest BCUT2D eigenvalue weighted by atomic mass is 10.0. The molecule has 0 bridgehead atoms. The number of amides is 1. The van der Waals surface area contributed by atoms with Gasteiger partial charge in [0.1, 0.15) is 11.4 Å². The van der Waals surface area contributed by atoms with Gasteiger partial charge in [-0.15, -0.1) is 11.3 Å². The minimum absolute atomic E-state index is 0.00303. The van der Waals surface area contributed by atoms with E-state index < -0.39 is 0 Å². The predicted octanol–water partition coefficient (Wildman–Crippen LogP) is 5.51. The number of nitrogens with zero attached hydrogens (tertiary/aromatic N) is 3. The van der Waals surface area contributed by atoms with Crippen LogP contribution >= 0.6 is 11.3 Å². The predicted molar refractivity (Wildman–Crippen MR) is 147 cm³/mol. The first-order valence-corrected chi connectivity index (χ1v) is 13.4. The molecule has 0 aliphatic carbocycles. The molecule has 2 aromatic carbocycles. The van der Waals surface area contributed by atoms with Crippen molar-refractivity contribution in [3.63, 3.8) is 0 Å². The van der Waals surface area contributed by atoms with Gasteiger partial charge in [-0.25, -0.2) is 9.97 Å². The lowest BCUT2D eigenvalue weighted by molar-refractivity contribution is 0.0503. The summed E-state index contributed by atoms with van der Waals surface area (Å²) in [5.41, 5.74) is 3.77. The van der Waals surface area contributed by atoms with Crippen LogP contribution in [-0.4, -0.2) is 61.4 Å². The summed E-state index contributed by atoms with van der Waals surface area (Å²) in [6, 6.07) is 13.6. The van der Waals surface area contributed by atoms with Crippen molar-refractivity contribution in [3.05, 3.63) is 64.1 Å². The summed E-state index contributed by atoms with van der Waals surface area (Å²) in [6.45, 7) is 3.45. The van der Waals surface area contributed by atoms with Gasteiger partial charge in [-0.2, -0.15) is 0 Å². The number of aryl methyl sites for hydroxylation is 1. The van der Waals surface area contributed by atoms with Crippen LogP contribution in [0.3, 0.4) is 0 Å². The monoisotopic (exact) mass is 533 g/mol. The SMILES string of the molecule is COc1cccc(-c2nc3cc(OC)c(OC)cc3cc2CN(CC2CCCO2)C(=O)c2csc(C)n2)c1. The molecule has 0 N–H and O–H groups in total. The Kier molecular flexibility index (Phi) is 7.76. The number of ether oxygens (including phenoxy) is 4. The molecule has 8 nitrogen and oxygen atoms in total. The Bertz CT molecular complexity index is 1450. The number of aromatic nitrogens is 2. The molecule has 1 amide bonds. The van der Waals surface area contributed by atoms with Crippen molar-refractivity contribution < 1.29 is 23.7 Å². The Morgan fingerprint density at radius 1 is 1.08 bits per heavy atom. The minimum atomic E-state index is -0.117. The van der Waals surface area contributed by atoms with Gasteiger partial charge in [0.05, 0.1) is 43.7 Å². The Morgan fingerprint density at radius 3 is 2.58 bits per heavy atom. The fraction of sp³-hybridized carbons (Fsp3) is 0.345. The molecule has 0 saturated carbocycles. The van der Waals surface area contributed by atoms with E-state index >= 15 is 0 Å². The number of carbonyl (C=O) groups is 1. The zero-order valence-electron chi connectivity index (χ0n) is 22.0. The molecule has 1 atom stereocenters. The first-order valence-electron chi connectivity index (χ1n) is 12.5. The van der Waals surface area contributed by atoms with E-state index in [0.717, 1.165) is 57.9 Å². The largest absolute Gasteiger partial charge is 0.497 e. The van der Waals surface area contributed by atoms with Crippen LogP contribution in [0.4, 0.5) is 0 Å².